The van der Waals surface area contributed by atoms with Crippen molar-refractivity contribution in [2.45, 2.75) is 45.1 Å². The molecule has 4 nitrogen and oxygen atoms in total. The molecule has 0 aliphatic heterocycles. The van der Waals surface area contributed by atoms with Crippen molar-refractivity contribution in [3.63, 3.8) is 0 Å². The number of thiophene rings is 1. The van der Waals surface area contributed by atoms with Crippen LogP contribution < -0.4 is 10.1 Å². The van der Waals surface area contributed by atoms with E-state index >= 15 is 0 Å². The number of nitrogens with zero attached hydrogens (tertiary/aromatic N) is 1. The van der Waals surface area contributed by atoms with E-state index in [1.54, 1.807) is 11.3 Å². The zero-order valence-electron chi connectivity index (χ0n) is 20.9. The third-order valence-corrected chi connectivity index (χ3v) is 8.85. The largest absolute Gasteiger partial charge is 0.488 e. The van der Waals surface area contributed by atoms with Gasteiger partial charge in [0.2, 0.25) is 0 Å². The molecule has 1 heterocycles. The van der Waals surface area contributed by atoms with Gasteiger partial charge >= 0.3 is 0 Å². The highest BCUT2D eigenvalue weighted by Crippen LogP contribution is 2.39. The Labute approximate surface area is 244 Å². The van der Waals surface area contributed by atoms with Crippen LogP contribution in [0.4, 0.5) is 10.7 Å². The summed E-state index contributed by atoms with van der Waals surface area (Å²) in [7, 11) is 0. The molecule has 3 aromatic carbocycles. The maximum atomic E-state index is 13.5. The molecule has 0 saturated heterocycles. The average molecular weight is 652 g/mol. The van der Waals surface area contributed by atoms with Crippen LogP contribution in [0.15, 0.2) is 86.7 Å². The Morgan fingerprint density at radius 1 is 0.947 bits per heavy atom. The molecule has 1 aliphatic rings. The number of rotatable bonds is 7. The summed E-state index contributed by atoms with van der Waals surface area (Å²) < 4.78 is 7.91. The van der Waals surface area contributed by atoms with Gasteiger partial charge in [0.1, 0.15) is 17.4 Å². The molecule has 1 aliphatic carbocycles. The van der Waals surface area contributed by atoms with Gasteiger partial charge in [0.05, 0.1) is 10.0 Å². The number of carbonyl (C=O) groups excluding carboxylic acids is 1. The van der Waals surface area contributed by atoms with E-state index in [1.807, 2.05) is 79.0 Å². The number of para-hydroxylation sites is 1. The van der Waals surface area contributed by atoms with E-state index in [0.717, 1.165) is 67.8 Å². The molecular weight excluding hydrogens is 624 g/mol. The van der Waals surface area contributed by atoms with Crippen LogP contribution in [0, 0.1) is 0 Å². The van der Waals surface area contributed by atoms with Gasteiger partial charge in [-0.25, -0.2) is 4.99 Å². The first-order valence-corrected chi connectivity index (χ1v) is 15.2. The number of carbonyl (C=O) groups is 1. The van der Waals surface area contributed by atoms with Gasteiger partial charge in [-0.15, -0.1) is 11.3 Å². The van der Waals surface area contributed by atoms with Crippen molar-refractivity contribution in [3.8, 4) is 5.75 Å². The number of anilines is 1. The van der Waals surface area contributed by atoms with Crippen LogP contribution in [0.3, 0.4) is 0 Å². The Morgan fingerprint density at radius 2 is 1.71 bits per heavy atom. The topological polar surface area (TPSA) is 50.7 Å². The monoisotopic (exact) mass is 650 g/mol. The lowest BCUT2D eigenvalue weighted by molar-refractivity contribution is 0.102. The Bertz CT molecular complexity index is 1430. The van der Waals surface area contributed by atoms with Crippen molar-refractivity contribution in [1.29, 1.82) is 0 Å². The molecule has 0 unspecified atom stereocenters. The number of fused-ring (bicyclic) bond motifs is 1. The van der Waals surface area contributed by atoms with Crippen LogP contribution >= 0.6 is 43.2 Å². The van der Waals surface area contributed by atoms with Crippen molar-refractivity contribution >= 4 is 66.0 Å². The Kier molecular flexibility index (Phi) is 9.10. The first kappa shape index (κ1) is 26.9. The Hall–Kier alpha value is -2.74. The molecule has 4 aromatic rings. The summed E-state index contributed by atoms with van der Waals surface area (Å²) in [5, 5.41) is 3.86. The maximum Gasteiger partial charge on any atom is 0.259 e. The maximum absolute atomic E-state index is 13.5. The van der Waals surface area contributed by atoms with E-state index in [4.69, 9.17) is 9.73 Å². The number of hydrogen-bond donors (Lipinski definition) is 1. The molecule has 1 amide bonds. The van der Waals surface area contributed by atoms with Gasteiger partial charge in [0.25, 0.3) is 5.91 Å². The number of halogens is 2. The molecule has 1 aromatic heterocycles. The quantitative estimate of drug-likeness (QED) is 0.202. The first-order valence-electron chi connectivity index (χ1n) is 12.8. The predicted octanol–water partition coefficient (Wildman–Crippen LogP) is 9.51. The van der Waals surface area contributed by atoms with Gasteiger partial charge in [-0.1, -0.05) is 59.1 Å². The summed E-state index contributed by atoms with van der Waals surface area (Å²) in [6, 6.07) is 23.6. The highest BCUT2D eigenvalue weighted by atomic mass is 79.9. The Morgan fingerprint density at radius 3 is 2.47 bits per heavy atom. The van der Waals surface area contributed by atoms with Crippen molar-refractivity contribution < 1.29 is 9.53 Å². The molecule has 0 fully saturated rings. The average Bonchev–Trinajstić information content (AvgIpc) is 3.24. The van der Waals surface area contributed by atoms with Crippen LogP contribution in [0.2, 0.25) is 0 Å². The summed E-state index contributed by atoms with van der Waals surface area (Å²) in [5.74, 6) is 0.686. The van der Waals surface area contributed by atoms with Gasteiger partial charge in [-0.2, -0.15) is 0 Å². The standard InChI is InChI=1S/C31H28Br2N2O2S/c32-23-15-12-21(13-16-23)20-37-27-17-14-22(18-26(27)33)19-34-31-29(30(36)35-24-8-4-3-5-9-24)25-10-6-1-2-7-11-28(25)38-31/h3-5,8-9,12-19H,1-2,6-7,10-11,20H2,(H,35,36). The third kappa shape index (κ3) is 6.82. The van der Waals surface area contributed by atoms with E-state index in [2.05, 4.69) is 37.2 Å². The smallest absolute Gasteiger partial charge is 0.259 e. The lowest BCUT2D eigenvalue weighted by Gasteiger charge is -2.12. The molecule has 0 saturated carbocycles. The minimum Gasteiger partial charge on any atom is -0.488 e. The van der Waals surface area contributed by atoms with Gasteiger partial charge in [-0.3, -0.25) is 4.79 Å². The van der Waals surface area contributed by atoms with Gasteiger partial charge in [0.15, 0.2) is 0 Å². The second-order valence-electron chi connectivity index (χ2n) is 9.28. The Balaban J connectivity index is 1.37. The molecule has 0 bridgehead atoms. The van der Waals surface area contributed by atoms with Crippen LogP contribution in [0.25, 0.3) is 0 Å². The SMILES string of the molecule is O=C(Nc1ccccc1)c1c(N=Cc2ccc(OCc3ccc(Br)cc3)c(Br)c2)sc2c1CCCCCC2. The van der Waals surface area contributed by atoms with Gasteiger partial charge in [-0.05, 0) is 101 Å². The number of nitrogens with one attached hydrogen (secondary N) is 1. The van der Waals surface area contributed by atoms with Crippen LogP contribution in [0.1, 0.15) is 57.6 Å². The summed E-state index contributed by atoms with van der Waals surface area (Å²) in [6.07, 6.45) is 8.48. The van der Waals surface area contributed by atoms with E-state index < -0.39 is 0 Å². The third-order valence-electron chi connectivity index (χ3n) is 6.51. The lowest BCUT2D eigenvalue weighted by atomic mass is 9.96. The lowest BCUT2D eigenvalue weighted by Crippen LogP contribution is -2.14. The van der Waals surface area contributed by atoms with E-state index in [9.17, 15) is 4.79 Å². The van der Waals surface area contributed by atoms with Crippen molar-refractivity contribution in [2.24, 2.45) is 4.99 Å². The molecule has 0 radical (unpaired) electrons. The normalized spacial score (nSPS) is 13.5. The summed E-state index contributed by atoms with van der Waals surface area (Å²) >= 11 is 8.76. The van der Waals surface area contributed by atoms with Crippen LogP contribution in [0.5, 0.6) is 5.75 Å². The first-order chi connectivity index (χ1) is 18.6. The van der Waals surface area contributed by atoms with Crippen molar-refractivity contribution in [1.82, 2.24) is 0 Å². The summed E-state index contributed by atoms with van der Waals surface area (Å²) in [5.41, 5.74) is 4.72. The second-order valence-corrected chi connectivity index (χ2v) is 12.1. The highest BCUT2D eigenvalue weighted by Gasteiger charge is 2.24. The fourth-order valence-corrected chi connectivity index (χ4v) is 6.54. The molecular formula is C31H28Br2N2O2S. The molecule has 38 heavy (non-hydrogen) atoms. The van der Waals surface area contributed by atoms with Crippen LogP contribution in [-0.4, -0.2) is 12.1 Å². The van der Waals surface area contributed by atoms with Crippen molar-refractivity contribution in [3.05, 3.63) is 109 Å². The molecule has 7 heteroatoms. The molecule has 5 rings (SSSR count). The fraction of sp³-hybridized carbons (Fsp3) is 0.226. The zero-order valence-corrected chi connectivity index (χ0v) is 24.9. The summed E-state index contributed by atoms with van der Waals surface area (Å²) in [4.78, 5) is 19.6. The highest BCUT2D eigenvalue weighted by molar-refractivity contribution is 9.10. The number of aryl methyl sites for hydroxylation is 1. The molecule has 0 atom stereocenters. The van der Waals surface area contributed by atoms with E-state index in [0.29, 0.717) is 6.61 Å². The number of benzene rings is 3. The molecule has 194 valence electrons. The number of hydrogen-bond acceptors (Lipinski definition) is 4. The zero-order chi connectivity index (χ0) is 26.3. The number of amides is 1. The second kappa shape index (κ2) is 12.9. The van der Waals surface area contributed by atoms with Crippen molar-refractivity contribution in [2.75, 3.05) is 5.32 Å². The predicted molar refractivity (Wildman–Crippen MR) is 164 cm³/mol. The van der Waals surface area contributed by atoms with E-state index in [1.165, 1.54) is 23.3 Å². The molecule has 1 N–H and O–H groups in total. The number of aliphatic imine (C=N–C) groups is 1. The minimum absolute atomic E-state index is 0.0840. The molecule has 0 spiro atoms. The minimum atomic E-state index is -0.0840. The van der Waals surface area contributed by atoms with Gasteiger partial charge in [0, 0.05) is 21.3 Å². The summed E-state index contributed by atoms with van der Waals surface area (Å²) in [6.45, 7) is 0.486. The fourth-order valence-electron chi connectivity index (χ4n) is 4.53. The van der Waals surface area contributed by atoms with Gasteiger partial charge < -0.3 is 10.1 Å². The van der Waals surface area contributed by atoms with E-state index in [-0.39, 0.29) is 5.91 Å². The van der Waals surface area contributed by atoms with Crippen LogP contribution in [-0.2, 0) is 19.4 Å². The number of ether oxygens (including phenoxy) is 1.